The van der Waals surface area contributed by atoms with E-state index in [1.807, 2.05) is 30.3 Å². The Morgan fingerprint density at radius 1 is 1.31 bits per heavy atom. The van der Waals surface area contributed by atoms with E-state index in [2.05, 4.69) is 20.4 Å². The topological polar surface area (TPSA) is 84.7 Å². The van der Waals surface area contributed by atoms with E-state index in [1.165, 1.54) is 16.3 Å². The molecule has 5 rings (SSSR count). The molecule has 0 bridgehead atoms. The molecule has 0 saturated carbocycles. The molecule has 11 heteroatoms. The molecule has 0 unspecified atom stereocenters. The Morgan fingerprint density at radius 2 is 2.17 bits per heavy atom. The maximum Gasteiger partial charge on any atom is 0.272 e. The summed E-state index contributed by atoms with van der Waals surface area (Å²) in [6.45, 7) is 0.921. The fourth-order valence-electron chi connectivity index (χ4n) is 4.29. The number of hydrogen-bond donors (Lipinski definition) is 1. The molecule has 1 aliphatic heterocycles. The maximum absolute atomic E-state index is 14.7. The Labute approximate surface area is 200 Å². The van der Waals surface area contributed by atoms with Crippen LogP contribution in [0.2, 0.25) is 0 Å². The van der Waals surface area contributed by atoms with E-state index >= 15 is 0 Å². The predicted octanol–water partition coefficient (Wildman–Crippen LogP) is 4.21. The first-order chi connectivity index (χ1) is 16.9. The Morgan fingerprint density at radius 3 is 2.94 bits per heavy atom. The number of fused-ring (bicyclic) bond motifs is 2. The van der Waals surface area contributed by atoms with Gasteiger partial charge in [-0.3, -0.25) is 9.78 Å². The Kier molecular flexibility index (Phi) is 6.14. The summed E-state index contributed by atoms with van der Waals surface area (Å²) in [6.07, 6.45) is -0.287. The molecule has 4 aromatic rings. The fourth-order valence-corrected chi connectivity index (χ4v) is 4.29. The van der Waals surface area contributed by atoms with Crippen molar-refractivity contribution in [2.75, 3.05) is 25.0 Å². The van der Waals surface area contributed by atoms with Crippen molar-refractivity contribution in [1.82, 2.24) is 24.5 Å². The van der Waals surface area contributed by atoms with Gasteiger partial charge in [-0.2, -0.15) is 4.98 Å². The Bertz CT molecular complexity index is 1380. The van der Waals surface area contributed by atoms with Gasteiger partial charge in [-0.15, -0.1) is 5.10 Å². The number of carbonyl (C=O) groups excluding carboxylic acids is 1. The summed E-state index contributed by atoms with van der Waals surface area (Å²) in [4.78, 5) is 21.6. The monoisotopic (exact) mass is 486 g/mol. The van der Waals surface area contributed by atoms with Crippen LogP contribution in [0.1, 0.15) is 14.8 Å². The third-order valence-corrected chi connectivity index (χ3v) is 6.04. The first-order valence-electron chi connectivity index (χ1n) is 11.2. The average molecular weight is 486 g/mol. The number of halogens is 3. The van der Waals surface area contributed by atoms with Crippen LogP contribution in [0.4, 0.5) is 19.1 Å². The van der Waals surface area contributed by atoms with Crippen LogP contribution in [0.3, 0.4) is 0 Å². The summed E-state index contributed by atoms with van der Waals surface area (Å²) < 4.78 is 47.5. The van der Waals surface area contributed by atoms with Gasteiger partial charge in [0.25, 0.3) is 6.43 Å². The van der Waals surface area contributed by atoms with Gasteiger partial charge in [-0.25, -0.2) is 17.7 Å². The van der Waals surface area contributed by atoms with Crippen molar-refractivity contribution in [1.29, 1.82) is 0 Å². The number of anilines is 1. The number of carbonyl (C=O) groups is 1. The van der Waals surface area contributed by atoms with Crippen molar-refractivity contribution in [2.45, 2.75) is 32.0 Å². The van der Waals surface area contributed by atoms with Gasteiger partial charge >= 0.3 is 0 Å². The first kappa shape index (κ1) is 22.9. The molecule has 2 atom stereocenters. The number of pyridine rings is 1. The molecule has 1 N–H and O–H groups in total. The van der Waals surface area contributed by atoms with Gasteiger partial charge in [0.1, 0.15) is 11.7 Å². The molecule has 1 saturated heterocycles. The van der Waals surface area contributed by atoms with Crippen molar-refractivity contribution in [3.05, 3.63) is 48.8 Å². The van der Waals surface area contributed by atoms with Gasteiger partial charge in [-0.1, -0.05) is 12.1 Å². The summed E-state index contributed by atoms with van der Waals surface area (Å²) in [6, 6.07) is 10.6. The minimum atomic E-state index is -2.70. The molecule has 1 aromatic carbocycles. The maximum atomic E-state index is 14.7. The number of benzene rings is 1. The van der Waals surface area contributed by atoms with E-state index in [1.54, 1.807) is 18.5 Å². The average Bonchev–Trinajstić information content (AvgIpc) is 3.27. The second kappa shape index (κ2) is 9.40. The highest BCUT2D eigenvalue weighted by atomic mass is 19.3. The van der Waals surface area contributed by atoms with E-state index in [9.17, 15) is 18.0 Å². The number of hydrogen-bond acceptors (Lipinski definition) is 6. The highest BCUT2D eigenvalue weighted by Crippen LogP contribution is 2.33. The van der Waals surface area contributed by atoms with Crippen LogP contribution in [0.15, 0.2) is 48.8 Å². The number of nitrogens with zero attached hydrogens (tertiary/aromatic N) is 5. The number of nitrogens with one attached hydrogen (secondary N) is 1. The summed E-state index contributed by atoms with van der Waals surface area (Å²) in [5, 5.41) is 8.29. The molecule has 1 fully saturated rings. The Hall–Kier alpha value is -3.89. The first-order valence-corrected chi connectivity index (χ1v) is 11.2. The van der Waals surface area contributed by atoms with Crippen LogP contribution in [0.5, 0.6) is 5.88 Å². The molecule has 4 heterocycles. The van der Waals surface area contributed by atoms with Crippen molar-refractivity contribution >= 4 is 28.3 Å². The lowest BCUT2D eigenvalue weighted by Gasteiger charge is -2.34. The van der Waals surface area contributed by atoms with Gasteiger partial charge in [0.15, 0.2) is 6.61 Å². The van der Waals surface area contributed by atoms with Crippen LogP contribution in [0, 0.1) is 0 Å². The lowest BCUT2D eigenvalue weighted by Crippen LogP contribution is -2.49. The zero-order chi connectivity index (χ0) is 24.5. The molecular formula is C24H25F3N6O2. The van der Waals surface area contributed by atoms with Gasteiger partial charge in [-0.05, 0) is 36.2 Å². The number of likely N-dealkylation sites (tertiary alicyclic amines) is 1. The number of rotatable bonds is 6. The van der Waals surface area contributed by atoms with Crippen molar-refractivity contribution < 1.29 is 24.1 Å². The van der Waals surface area contributed by atoms with E-state index in [0.717, 1.165) is 16.5 Å². The second-order valence-electron chi connectivity index (χ2n) is 8.40. The largest absolute Gasteiger partial charge is 0.470 e. The Balaban J connectivity index is 0.00000304. The van der Waals surface area contributed by atoms with Crippen molar-refractivity contribution in [3.63, 3.8) is 0 Å². The molecule has 1 amide bonds. The summed E-state index contributed by atoms with van der Waals surface area (Å²) in [7, 11) is 0. The van der Waals surface area contributed by atoms with E-state index < -0.39 is 25.2 Å². The molecule has 8 nitrogen and oxygen atoms in total. The van der Waals surface area contributed by atoms with Crippen LogP contribution in [-0.2, 0) is 4.79 Å². The zero-order valence-electron chi connectivity index (χ0n) is 18.9. The third kappa shape index (κ3) is 4.71. The normalized spacial score (nSPS) is 18.4. The number of aromatic nitrogens is 4. The third-order valence-electron chi connectivity index (χ3n) is 6.04. The molecule has 0 radical (unpaired) electrons. The molecule has 3 aromatic heterocycles. The predicted molar refractivity (Wildman–Crippen MR) is 127 cm³/mol. The molecule has 0 aliphatic carbocycles. The van der Waals surface area contributed by atoms with Crippen LogP contribution in [0.25, 0.3) is 27.5 Å². The number of piperidine rings is 1. The van der Waals surface area contributed by atoms with Gasteiger partial charge in [0, 0.05) is 38.2 Å². The minimum Gasteiger partial charge on any atom is -0.470 e. The lowest BCUT2D eigenvalue weighted by atomic mass is 10.0. The standard InChI is InChI=1S/C24H23F3N6O2.H2/c1-14(34)32-9-7-20(18(25)12-32)29-24-30-23(35-13-21(26)27)22-17(6-10-33(22)31-24)15-4-5-19-16(11-15)3-2-8-28-19;/h2-6,8,10-11,18,20-21H,7,9,12-13H2,1H3,(H,29,31);1H/t18-,20+;/m1./s1. The molecular weight excluding hydrogens is 461 g/mol. The summed E-state index contributed by atoms with van der Waals surface area (Å²) >= 11 is 0. The minimum absolute atomic E-state index is 0. The lowest BCUT2D eigenvalue weighted by molar-refractivity contribution is -0.131. The number of ether oxygens (including phenoxy) is 1. The fraction of sp³-hybridized carbons (Fsp3) is 0.333. The van der Waals surface area contributed by atoms with Crippen LogP contribution >= 0.6 is 0 Å². The summed E-state index contributed by atoms with van der Waals surface area (Å²) in [5.74, 6) is -0.169. The van der Waals surface area contributed by atoms with Crippen LogP contribution < -0.4 is 10.1 Å². The second-order valence-corrected chi connectivity index (χ2v) is 8.40. The van der Waals surface area contributed by atoms with Gasteiger partial charge in [0.05, 0.1) is 18.1 Å². The quantitative estimate of drug-likeness (QED) is 0.440. The molecule has 1 aliphatic rings. The van der Waals surface area contributed by atoms with E-state index in [0.29, 0.717) is 24.0 Å². The van der Waals surface area contributed by atoms with Gasteiger partial charge in [0.2, 0.25) is 17.7 Å². The van der Waals surface area contributed by atoms with Crippen LogP contribution in [-0.4, -0.2) is 68.7 Å². The smallest absolute Gasteiger partial charge is 0.272 e. The number of alkyl halides is 3. The highest BCUT2D eigenvalue weighted by molar-refractivity contribution is 5.90. The van der Waals surface area contributed by atoms with Crippen molar-refractivity contribution in [3.8, 4) is 17.0 Å². The van der Waals surface area contributed by atoms with Gasteiger partial charge < -0.3 is 15.0 Å². The number of amides is 1. The molecule has 0 spiro atoms. The van der Waals surface area contributed by atoms with Crippen molar-refractivity contribution in [2.24, 2.45) is 0 Å². The van der Waals surface area contributed by atoms with E-state index in [-0.39, 0.29) is 25.7 Å². The summed E-state index contributed by atoms with van der Waals surface area (Å²) in [5.41, 5.74) is 2.76. The molecule has 184 valence electrons. The zero-order valence-corrected chi connectivity index (χ0v) is 18.9. The molecule has 35 heavy (non-hydrogen) atoms. The highest BCUT2D eigenvalue weighted by Gasteiger charge is 2.31. The SMILES string of the molecule is CC(=O)N1CC[C@H](Nc2nc(OCC(F)F)c3c(-c4ccc5ncccc5c4)ccn3n2)[C@H](F)C1.[HH]. The van der Waals surface area contributed by atoms with E-state index in [4.69, 9.17) is 4.74 Å².